The van der Waals surface area contributed by atoms with Gasteiger partial charge in [-0.3, -0.25) is 4.57 Å². The van der Waals surface area contributed by atoms with Crippen molar-refractivity contribution in [1.82, 2.24) is 14.5 Å². The van der Waals surface area contributed by atoms with Gasteiger partial charge in [-0.15, -0.1) is 0 Å². The third-order valence-corrected chi connectivity index (χ3v) is 10.2. The van der Waals surface area contributed by atoms with Gasteiger partial charge in [0.15, 0.2) is 0 Å². The van der Waals surface area contributed by atoms with E-state index in [4.69, 9.17) is 9.97 Å². The Labute approximate surface area is 308 Å². The van der Waals surface area contributed by atoms with Gasteiger partial charge in [0.05, 0.1) is 28.1 Å². The first kappa shape index (κ1) is 34.9. The molecule has 4 heteroatoms. The Hall–Kier alpha value is -5.48. The Morgan fingerprint density at radius 2 is 1.06 bits per heavy atom. The van der Waals surface area contributed by atoms with Crippen LogP contribution in [0.25, 0.3) is 61.8 Å². The molecule has 52 heavy (non-hydrogen) atoms. The van der Waals surface area contributed by atoms with E-state index in [2.05, 4.69) is 157 Å². The van der Waals surface area contributed by atoms with Gasteiger partial charge in [-0.1, -0.05) is 134 Å². The molecule has 262 valence electrons. The number of aromatic hydroxyl groups is 1. The molecular weight excluding hydrogens is 635 g/mol. The van der Waals surface area contributed by atoms with Crippen molar-refractivity contribution < 1.29 is 5.11 Å². The Kier molecular flexibility index (Phi) is 9.59. The van der Waals surface area contributed by atoms with E-state index in [1.807, 2.05) is 18.2 Å². The van der Waals surface area contributed by atoms with E-state index in [0.29, 0.717) is 29.2 Å². The number of aromatic nitrogens is 3. The topological polar surface area (TPSA) is 50.9 Å². The summed E-state index contributed by atoms with van der Waals surface area (Å²) in [6.45, 7) is 18.1. The summed E-state index contributed by atoms with van der Waals surface area (Å²) < 4.78 is 2.38. The van der Waals surface area contributed by atoms with Crippen LogP contribution >= 0.6 is 0 Å². The average Bonchev–Trinajstić information content (AvgIpc) is 3.53. The summed E-state index contributed by atoms with van der Waals surface area (Å²) in [7, 11) is 0. The zero-order chi connectivity index (χ0) is 36.7. The molecule has 0 radical (unpaired) electrons. The largest absolute Gasteiger partial charge is 0.507 e. The number of benzene rings is 5. The number of phenolic OH excluding ortho intramolecular Hbond substituents is 1. The second-order valence-electron chi connectivity index (χ2n) is 15.3. The normalized spacial score (nSPS) is 11.8. The van der Waals surface area contributed by atoms with Crippen molar-refractivity contribution in [1.29, 1.82) is 0 Å². The first-order valence-electron chi connectivity index (χ1n) is 18.7. The maximum atomic E-state index is 11.0. The Balaban J connectivity index is 1.46. The minimum absolute atomic E-state index is 0.212. The minimum atomic E-state index is 0.212. The van der Waals surface area contributed by atoms with Gasteiger partial charge < -0.3 is 5.11 Å². The molecule has 0 fully saturated rings. The summed E-state index contributed by atoms with van der Waals surface area (Å²) >= 11 is 0. The number of hydrogen-bond donors (Lipinski definition) is 1. The van der Waals surface area contributed by atoms with Crippen LogP contribution in [0.15, 0.2) is 121 Å². The summed E-state index contributed by atoms with van der Waals surface area (Å²) in [6.07, 6.45) is 0. The van der Waals surface area contributed by atoms with Crippen molar-refractivity contribution >= 4 is 11.0 Å². The van der Waals surface area contributed by atoms with Gasteiger partial charge in [0.2, 0.25) is 0 Å². The molecular formula is C48H49N3O. The molecule has 0 saturated heterocycles. The van der Waals surface area contributed by atoms with Gasteiger partial charge in [-0.25, -0.2) is 9.97 Å². The summed E-state index contributed by atoms with van der Waals surface area (Å²) in [5.41, 5.74) is 15.0. The summed E-state index contributed by atoms with van der Waals surface area (Å²) in [5.74, 6) is 2.57. The van der Waals surface area contributed by atoms with Gasteiger partial charge in [0, 0.05) is 16.7 Å². The number of imidazole rings is 1. The number of hydrogen-bond acceptors (Lipinski definition) is 3. The maximum absolute atomic E-state index is 11.0. The van der Waals surface area contributed by atoms with E-state index in [0.717, 1.165) is 50.5 Å². The SMILES string of the molecule is CC(C)c1cc(-c2cc(-c3cccc(-c4nc5ccccc5n4-c4c(C(C)C)cccc4C(C)C)c3)nc(-c3ccccc3O)c2)cc(C(C)C)c1. The monoisotopic (exact) mass is 683 g/mol. The molecule has 7 rings (SSSR count). The van der Waals surface area contributed by atoms with E-state index in [1.54, 1.807) is 6.07 Å². The first-order valence-corrected chi connectivity index (χ1v) is 18.7. The number of nitrogens with zero attached hydrogens (tertiary/aromatic N) is 3. The second kappa shape index (κ2) is 14.3. The van der Waals surface area contributed by atoms with Crippen LogP contribution in [0.3, 0.4) is 0 Å². The lowest BCUT2D eigenvalue weighted by Gasteiger charge is -2.22. The van der Waals surface area contributed by atoms with Crippen LogP contribution in [-0.4, -0.2) is 19.6 Å². The van der Waals surface area contributed by atoms with Crippen LogP contribution in [0.1, 0.15) is 101 Å². The molecule has 0 amide bonds. The molecule has 4 nitrogen and oxygen atoms in total. The number of fused-ring (bicyclic) bond motifs is 1. The molecule has 2 heterocycles. The van der Waals surface area contributed by atoms with Gasteiger partial charge in [-0.05, 0) is 99.5 Å². The van der Waals surface area contributed by atoms with E-state index in [9.17, 15) is 5.11 Å². The second-order valence-corrected chi connectivity index (χ2v) is 15.3. The Bertz CT molecular complexity index is 2340. The predicted octanol–water partition coefficient (Wildman–Crippen LogP) is 13.3. The summed E-state index contributed by atoms with van der Waals surface area (Å²) in [6, 6.07) is 42.5. The van der Waals surface area contributed by atoms with E-state index in [1.165, 1.54) is 27.9 Å². The lowest BCUT2D eigenvalue weighted by atomic mass is 9.90. The van der Waals surface area contributed by atoms with Crippen molar-refractivity contribution in [3.05, 3.63) is 144 Å². The lowest BCUT2D eigenvalue weighted by molar-refractivity contribution is 0.477. The summed E-state index contributed by atoms with van der Waals surface area (Å²) in [4.78, 5) is 10.5. The van der Waals surface area contributed by atoms with Crippen LogP contribution in [0, 0.1) is 0 Å². The van der Waals surface area contributed by atoms with Crippen molar-refractivity contribution in [3.63, 3.8) is 0 Å². The number of phenols is 1. The van der Waals surface area contributed by atoms with E-state index < -0.39 is 0 Å². The molecule has 0 aliphatic heterocycles. The molecule has 0 bridgehead atoms. The van der Waals surface area contributed by atoms with Crippen LogP contribution in [0.5, 0.6) is 5.75 Å². The third-order valence-electron chi connectivity index (χ3n) is 10.2. The molecule has 5 aromatic carbocycles. The van der Waals surface area contributed by atoms with Crippen molar-refractivity contribution in [2.24, 2.45) is 0 Å². The quantitative estimate of drug-likeness (QED) is 0.165. The smallest absolute Gasteiger partial charge is 0.145 e. The zero-order valence-electron chi connectivity index (χ0n) is 31.6. The highest BCUT2D eigenvalue weighted by Gasteiger charge is 2.22. The van der Waals surface area contributed by atoms with Crippen molar-refractivity contribution in [3.8, 4) is 56.5 Å². The van der Waals surface area contributed by atoms with Gasteiger partial charge in [0.1, 0.15) is 11.6 Å². The molecule has 7 aromatic rings. The fourth-order valence-corrected chi connectivity index (χ4v) is 7.22. The molecule has 1 N–H and O–H groups in total. The predicted molar refractivity (Wildman–Crippen MR) is 219 cm³/mol. The number of rotatable bonds is 9. The van der Waals surface area contributed by atoms with Gasteiger partial charge >= 0.3 is 0 Å². The Morgan fingerprint density at radius 3 is 1.71 bits per heavy atom. The van der Waals surface area contributed by atoms with Gasteiger partial charge in [-0.2, -0.15) is 0 Å². The average molecular weight is 684 g/mol. The van der Waals surface area contributed by atoms with Gasteiger partial charge in [0.25, 0.3) is 0 Å². The molecule has 0 unspecified atom stereocenters. The van der Waals surface area contributed by atoms with E-state index in [-0.39, 0.29) is 5.75 Å². The summed E-state index contributed by atoms with van der Waals surface area (Å²) in [5, 5.41) is 11.0. The lowest BCUT2D eigenvalue weighted by Crippen LogP contribution is -2.08. The van der Waals surface area contributed by atoms with Crippen LogP contribution in [0.4, 0.5) is 0 Å². The molecule has 0 aliphatic rings. The molecule has 0 atom stereocenters. The highest BCUT2D eigenvalue weighted by atomic mass is 16.3. The fourth-order valence-electron chi connectivity index (χ4n) is 7.22. The first-order chi connectivity index (χ1) is 25.0. The highest BCUT2D eigenvalue weighted by Crippen LogP contribution is 2.40. The zero-order valence-corrected chi connectivity index (χ0v) is 31.6. The fraction of sp³-hybridized carbons (Fsp3) is 0.250. The molecule has 0 spiro atoms. The molecule has 0 saturated carbocycles. The molecule has 2 aromatic heterocycles. The van der Waals surface area contributed by atoms with E-state index >= 15 is 0 Å². The van der Waals surface area contributed by atoms with Crippen LogP contribution in [-0.2, 0) is 0 Å². The standard InChI is InChI=1S/C48H49N3O/c1-29(2)35-24-36(30(3)4)26-37(25-35)38-27-43(49-44(28-38)41-17-9-12-22-46(41)52)33-15-13-16-34(23-33)48-50-42-20-10-11-21-45(42)51(48)47-39(31(5)6)18-14-19-40(47)32(7)8/h9-32,52H,1-8H3. The van der Waals surface area contributed by atoms with Crippen molar-refractivity contribution in [2.45, 2.75) is 79.1 Å². The highest BCUT2D eigenvalue weighted by molar-refractivity contribution is 5.86. The van der Waals surface area contributed by atoms with Crippen LogP contribution < -0.4 is 0 Å². The maximum Gasteiger partial charge on any atom is 0.145 e. The molecule has 0 aliphatic carbocycles. The number of para-hydroxylation sites is 4. The Morgan fingerprint density at radius 1 is 0.481 bits per heavy atom. The van der Waals surface area contributed by atoms with Crippen LogP contribution in [0.2, 0.25) is 0 Å². The third kappa shape index (κ3) is 6.66. The van der Waals surface area contributed by atoms with Crippen molar-refractivity contribution in [2.75, 3.05) is 0 Å². The minimum Gasteiger partial charge on any atom is -0.507 e. The number of pyridine rings is 1.